The van der Waals surface area contributed by atoms with Gasteiger partial charge in [-0.2, -0.15) is 0 Å². The van der Waals surface area contributed by atoms with E-state index in [-0.39, 0.29) is 24.9 Å². The van der Waals surface area contributed by atoms with Gasteiger partial charge in [-0.25, -0.2) is 0 Å². The van der Waals surface area contributed by atoms with Crippen molar-refractivity contribution in [3.63, 3.8) is 0 Å². The SMILES string of the molecule is CCCCOC(=O)CCCOC(=O)[C@@H](N)C(C)C. The molecule has 0 heterocycles. The first-order valence-corrected chi connectivity index (χ1v) is 6.56. The lowest BCUT2D eigenvalue weighted by molar-refractivity contribution is -0.149. The minimum absolute atomic E-state index is 0.0523. The molecule has 0 unspecified atom stereocenters. The Morgan fingerprint density at radius 1 is 1.11 bits per heavy atom. The van der Waals surface area contributed by atoms with Crippen LogP contribution in [-0.4, -0.2) is 31.2 Å². The summed E-state index contributed by atoms with van der Waals surface area (Å²) in [4.78, 5) is 22.6. The fraction of sp³-hybridized carbons (Fsp3) is 0.846. The van der Waals surface area contributed by atoms with Gasteiger partial charge in [-0.05, 0) is 18.8 Å². The van der Waals surface area contributed by atoms with Crippen LogP contribution in [-0.2, 0) is 19.1 Å². The van der Waals surface area contributed by atoms with Crippen molar-refractivity contribution >= 4 is 11.9 Å². The number of nitrogens with two attached hydrogens (primary N) is 1. The van der Waals surface area contributed by atoms with E-state index in [1.165, 1.54) is 0 Å². The van der Waals surface area contributed by atoms with Gasteiger partial charge in [-0.3, -0.25) is 9.59 Å². The third-order valence-corrected chi connectivity index (χ3v) is 2.52. The van der Waals surface area contributed by atoms with Crippen molar-refractivity contribution in [1.29, 1.82) is 0 Å². The maximum atomic E-state index is 11.4. The molecule has 0 aromatic carbocycles. The highest BCUT2D eigenvalue weighted by atomic mass is 16.5. The smallest absolute Gasteiger partial charge is 0.323 e. The van der Waals surface area contributed by atoms with Crippen molar-refractivity contribution in [2.75, 3.05) is 13.2 Å². The molecule has 18 heavy (non-hydrogen) atoms. The van der Waals surface area contributed by atoms with Crippen LogP contribution in [0.2, 0.25) is 0 Å². The topological polar surface area (TPSA) is 78.6 Å². The fourth-order valence-corrected chi connectivity index (χ4v) is 1.16. The molecule has 0 spiro atoms. The van der Waals surface area contributed by atoms with Crippen LogP contribution in [0.15, 0.2) is 0 Å². The van der Waals surface area contributed by atoms with Gasteiger partial charge in [0.25, 0.3) is 0 Å². The molecule has 5 heteroatoms. The van der Waals surface area contributed by atoms with E-state index >= 15 is 0 Å². The Labute approximate surface area is 109 Å². The lowest BCUT2D eigenvalue weighted by Gasteiger charge is -2.14. The molecule has 0 radical (unpaired) electrons. The summed E-state index contributed by atoms with van der Waals surface area (Å²) in [5, 5.41) is 0. The number of carbonyl (C=O) groups is 2. The Morgan fingerprint density at radius 3 is 2.28 bits per heavy atom. The van der Waals surface area contributed by atoms with Gasteiger partial charge < -0.3 is 15.2 Å². The van der Waals surface area contributed by atoms with E-state index in [1.807, 2.05) is 20.8 Å². The van der Waals surface area contributed by atoms with Gasteiger partial charge in [0.1, 0.15) is 6.04 Å². The summed E-state index contributed by atoms with van der Waals surface area (Å²) in [7, 11) is 0. The molecule has 0 rings (SSSR count). The second-order valence-electron chi connectivity index (χ2n) is 4.61. The van der Waals surface area contributed by atoms with E-state index in [9.17, 15) is 9.59 Å². The zero-order chi connectivity index (χ0) is 14.0. The molecule has 0 aliphatic carbocycles. The van der Waals surface area contributed by atoms with Crippen LogP contribution in [0.4, 0.5) is 0 Å². The van der Waals surface area contributed by atoms with Crippen LogP contribution in [0.1, 0.15) is 46.5 Å². The highest BCUT2D eigenvalue weighted by Gasteiger charge is 2.18. The number of hydrogen-bond donors (Lipinski definition) is 1. The van der Waals surface area contributed by atoms with E-state index < -0.39 is 12.0 Å². The standard InChI is InChI=1S/C13H25NO4/c1-4-5-8-17-11(15)7-6-9-18-13(16)12(14)10(2)3/h10,12H,4-9,14H2,1-3H3/t12-/m0/s1. The van der Waals surface area contributed by atoms with Crippen LogP contribution < -0.4 is 5.73 Å². The monoisotopic (exact) mass is 259 g/mol. The summed E-state index contributed by atoms with van der Waals surface area (Å²) in [6, 6.07) is -0.596. The summed E-state index contributed by atoms with van der Waals surface area (Å²) in [5.41, 5.74) is 5.62. The van der Waals surface area contributed by atoms with E-state index in [0.717, 1.165) is 12.8 Å². The molecule has 0 saturated carbocycles. The highest BCUT2D eigenvalue weighted by molar-refractivity contribution is 5.75. The Balaban J connectivity index is 3.55. The molecular formula is C13H25NO4. The molecule has 0 aromatic heterocycles. The maximum absolute atomic E-state index is 11.4. The van der Waals surface area contributed by atoms with E-state index in [4.69, 9.17) is 15.2 Å². The Morgan fingerprint density at radius 2 is 1.72 bits per heavy atom. The number of esters is 2. The minimum Gasteiger partial charge on any atom is -0.466 e. The third kappa shape index (κ3) is 8.06. The number of unbranched alkanes of at least 4 members (excludes halogenated alkanes) is 1. The van der Waals surface area contributed by atoms with Crippen molar-refractivity contribution in [1.82, 2.24) is 0 Å². The van der Waals surface area contributed by atoms with Crippen molar-refractivity contribution in [2.45, 2.75) is 52.5 Å². The summed E-state index contributed by atoms with van der Waals surface area (Å²) in [5.74, 6) is -0.603. The van der Waals surface area contributed by atoms with Gasteiger partial charge in [0.05, 0.1) is 13.2 Å². The molecule has 0 aromatic rings. The van der Waals surface area contributed by atoms with Crippen LogP contribution in [0, 0.1) is 5.92 Å². The fourth-order valence-electron chi connectivity index (χ4n) is 1.16. The quantitative estimate of drug-likeness (QED) is 0.503. The van der Waals surface area contributed by atoms with Crippen LogP contribution in [0.25, 0.3) is 0 Å². The molecule has 2 N–H and O–H groups in total. The van der Waals surface area contributed by atoms with E-state index in [2.05, 4.69) is 0 Å². The largest absolute Gasteiger partial charge is 0.466 e. The zero-order valence-electron chi connectivity index (χ0n) is 11.6. The first-order valence-electron chi connectivity index (χ1n) is 6.56. The van der Waals surface area contributed by atoms with E-state index in [0.29, 0.717) is 13.0 Å². The number of ether oxygens (including phenoxy) is 2. The average molecular weight is 259 g/mol. The lowest BCUT2D eigenvalue weighted by atomic mass is 10.1. The van der Waals surface area contributed by atoms with Crippen molar-refractivity contribution < 1.29 is 19.1 Å². The van der Waals surface area contributed by atoms with Gasteiger partial charge in [-0.15, -0.1) is 0 Å². The number of rotatable bonds is 9. The lowest BCUT2D eigenvalue weighted by Crippen LogP contribution is -2.37. The van der Waals surface area contributed by atoms with Gasteiger partial charge in [0.2, 0.25) is 0 Å². The van der Waals surface area contributed by atoms with Crippen LogP contribution >= 0.6 is 0 Å². The predicted octanol–water partition coefficient (Wildman–Crippen LogP) is 1.64. The van der Waals surface area contributed by atoms with Crippen molar-refractivity contribution in [2.24, 2.45) is 11.7 Å². The average Bonchev–Trinajstić information content (AvgIpc) is 2.33. The molecule has 106 valence electrons. The molecular weight excluding hydrogens is 234 g/mol. The molecule has 0 fully saturated rings. The highest BCUT2D eigenvalue weighted by Crippen LogP contribution is 2.02. The third-order valence-electron chi connectivity index (χ3n) is 2.52. The van der Waals surface area contributed by atoms with Crippen molar-refractivity contribution in [3.8, 4) is 0 Å². The number of hydrogen-bond acceptors (Lipinski definition) is 5. The first kappa shape index (κ1) is 16.9. The summed E-state index contributed by atoms with van der Waals surface area (Å²) < 4.78 is 9.94. The molecule has 0 bridgehead atoms. The number of carbonyl (C=O) groups excluding carboxylic acids is 2. The molecule has 0 amide bonds. The molecule has 0 aliphatic heterocycles. The Kier molecular flexibility index (Phi) is 9.28. The second kappa shape index (κ2) is 9.88. The van der Waals surface area contributed by atoms with Gasteiger partial charge in [0, 0.05) is 6.42 Å². The van der Waals surface area contributed by atoms with Gasteiger partial charge >= 0.3 is 11.9 Å². The molecule has 5 nitrogen and oxygen atoms in total. The van der Waals surface area contributed by atoms with Gasteiger partial charge in [-0.1, -0.05) is 27.2 Å². The normalized spacial score (nSPS) is 12.3. The van der Waals surface area contributed by atoms with E-state index in [1.54, 1.807) is 0 Å². The molecule has 0 saturated heterocycles. The van der Waals surface area contributed by atoms with Crippen LogP contribution in [0.3, 0.4) is 0 Å². The molecule has 1 atom stereocenters. The Bertz CT molecular complexity index is 253. The van der Waals surface area contributed by atoms with Crippen molar-refractivity contribution in [3.05, 3.63) is 0 Å². The Hall–Kier alpha value is -1.10. The summed E-state index contributed by atoms with van der Waals surface area (Å²) >= 11 is 0. The summed E-state index contributed by atoms with van der Waals surface area (Å²) in [6.45, 7) is 6.43. The minimum atomic E-state index is -0.596. The zero-order valence-corrected chi connectivity index (χ0v) is 11.6. The summed E-state index contributed by atoms with van der Waals surface area (Å²) in [6.07, 6.45) is 2.62. The van der Waals surface area contributed by atoms with Crippen LogP contribution in [0.5, 0.6) is 0 Å². The predicted molar refractivity (Wildman–Crippen MR) is 68.9 cm³/mol. The first-order chi connectivity index (χ1) is 8.49. The second-order valence-corrected chi connectivity index (χ2v) is 4.61. The van der Waals surface area contributed by atoms with Gasteiger partial charge in [0.15, 0.2) is 0 Å². The molecule has 0 aliphatic rings. The maximum Gasteiger partial charge on any atom is 0.323 e.